The summed E-state index contributed by atoms with van der Waals surface area (Å²) in [5.74, 6) is -1.00. The van der Waals surface area contributed by atoms with Crippen molar-refractivity contribution in [3.63, 3.8) is 0 Å². The Kier molecular flexibility index (Phi) is 7.19. The molecule has 39 heavy (non-hydrogen) atoms. The third-order valence-corrected chi connectivity index (χ3v) is 6.57. The van der Waals surface area contributed by atoms with Crippen LogP contribution in [0.4, 0.5) is 18.9 Å². The van der Waals surface area contributed by atoms with E-state index < -0.39 is 29.7 Å². The Labute approximate surface area is 221 Å². The molecule has 2 heterocycles. The molecule has 0 spiro atoms. The number of amides is 1. The topological polar surface area (TPSA) is 90.3 Å². The van der Waals surface area contributed by atoms with Gasteiger partial charge in [0.25, 0.3) is 11.5 Å². The van der Waals surface area contributed by atoms with Crippen LogP contribution >= 0.6 is 0 Å². The Morgan fingerprint density at radius 1 is 0.949 bits per heavy atom. The van der Waals surface area contributed by atoms with Crippen molar-refractivity contribution < 1.29 is 27.5 Å². The highest BCUT2D eigenvalue weighted by Gasteiger charge is 2.31. The quantitative estimate of drug-likeness (QED) is 0.332. The Morgan fingerprint density at radius 3 is 2.51 bits per heavy atom. The summed E-state index contributed by atoms with van der Waals surface area (Å²) < 4.78 is 46.6. The summed E-state index contributed by atoms with van der Waals surface area (Å²) in [5, 5.41) is 2.79. The standard InChI is InChI=1S/C29H24F3N3O4/c30-29(31,32)20-10-7-11-21(17-20)33-26(36)25(18-8-3-1-4-9-18)39-28(38)19-13-14-22-23(16-19)34-24-12-5-2-6-15-35(24)27(22)37/h1,3-4,7-11,13-14,16-17,25H,2,5-6,12,15H2,(H,33,36). The van der Waals surface area contributed by atoms with Gasteiger partial charge in [-0.1, -0.05) is 42.8 Å². The third-order valence-electron chi connectivity index (χ3n) is 6.57. The molecule has 1 aliphatic heterocycles. The van der Waals surface area contributed by atoms with Crippen LogP contribution in [0.3, 0.4) is 0 Å². The SMILES string of the molecule is O=C(OC(C(=O)Nc1cccc(C(F)(F)F)c1)c1ccccc1)c1ccc2c(=O)n3c(nc2c1)CCCCC3. The van der Waals surface area contributed by atoms with Crippen LogP contribution < -0.4 is 10.9 Å². The van der Waals surface area contributed by atoms with Crippen molar-refractivity contribution in [3.8, 4) is 0 Å². The number of hydrogen-bond acceptors (Lipinski definition) is 5. The van der Waals surface area contributed by atoms with Crippen LogP contribution in [0.5, 0.6) is 0 Å². The number of halogens is 3. The van der Waals surface area contributed by atoms with Gasteiger partial charge < -0.3 is 10.1 Å². The van der Waals surface area contributed by atoms with Crippen LogP contribution in [0, 0.1) is 0 Å². The maximum absolute atomic E-state index is 13.2. The van der Waals surface area contributed by atoms with Crippen molar-refractivity contribution in [1.29, 1.82) is 0 Å². The van der Waals surface area contributed by atoms with Crippen molar-refractivity contribution in [1.82, 2.24) is 9.55 Å². The van der Waals surface area contributed by atoms with Gasteiger partial charge in [0.05, 0.1) is 22.0 Å². The first-order valence-electron chi connectivity index (χ1n) is 12.5. The second-order valence-electron chi connectivity index (χ2n) is 9.29. The van der Waals surface area contributed by atoms with E-state index in [0.29, 0.717) is 35.3 Å². The first-order valence-corrected chi connectivity index (χ1v) is 12.5. The minimum absolute atomic E-state index is 0.0840. The predicted molar refractivity (Wildman–Crippen MR) is 138 cm³/mol. The summed E-state index contributed by atoms with van der Waals surface area (Å²) in [6.07, 6.45) is -2.56. The van der Waals surface area contributed by atoms with Gasteiger partial charge in [-0.3, -0.25) is 14.2 Å². The highest BCUT2D eigenvalue weighted by atomic mass is 19.4. The molecule has 10 heteroatoms. The zero-order valence-corrected chi connectivity index (χ0v) is 20.7. The zero-order chi connectivity index (χ0) is 27.6. The Bertz CT molecular complexity index is 1600. The van der Waals surface area contributed by atoms with E-state index in [4.69, 9.17) is 4.74 Å². The fourth-order valence-electron chi connectivity index (χ4n) is 4.60. The van der Waals surface area contributed by atoms with Gasteiger partial charge in [-0.15, -0.1) is 0 Å². The fourth-order valence-corrected chi connectivity index (χ4v) is 4.60. The summed E-state index contributed by atoms with van der Waals surface area (Å²) in [6.45, 7) is 0.598. The summed E-state index contributed by atoms with van der Waals surface area (Å²) in [6, 6.07) is 16.7. The minimum Gasteiger partial charge on any atom is -0.444 e. The number of aryl methyl sites for hydroxylation is 1. The van der Waals surface area contributed by atoms with E-state index in [9.17, 15) is 27.6 Å². The molecule has 1 aliphatic rings. The number of anilines is 1. The zero-order valence-electron chi connectivity index (χ0n) is 20.7. The van der Waals surface area contributed by atoms with Crippen LogP contribution in [-0.2, 0) is 28.7 Å². The smallest absolute Gasteiger partial charge is 0.416 e. The molecule has 4 aromatic rings. The molecule has 200 valence electrons. The lowest BCUT2D eigenvalue weighted by Gasteiger charge is -2.19. The first-order chi connectivity index (χ1) is 18.7. The number of aromatic nitrogens is 2. The molecular weight excluding hydrogens is 511 g/mol. The molecule has 0 saturated carbocycles. The molecule has 1 amide bonds. The van der Waals surface area contributed by atoms with E-state index in [1.54, 1.807) is 34.9 Å². The van der Waals surface area contributed by atoms with Crippen LogP contribution in [0.2, 0.25) is 0 Å². The maximum Gasteiger partial charge on any atom is 0.416 e. The third kappa shape index (κ3) is 5.69. The number of ether oxygens (including phenoxy) is 1. The van der Waals surface area contributed by atoms with Crippen LogP contribution in [0.15, 0.2) is 77.6 Å². The number of fused-ring (bicyclic) bond motifs is 2. The maximum atomic E-state index is 13.2. The molecular formula is C29H24F3N3O4. The van der Waals surface area contributed by atoms with Crippen molar-refractivity contribution in [3.05, 3.63) is 106 Å². The van der Waals surface area contributed by atoms with Crippen molar-refractivity contribution in [2.75, 3.05) is 5.32 Å². The number of hydrogen-bond donors (Lipinski definition) is 1. The minimum atomic E-state index is -4.59. The van der Waals surface area contributed by atoms with Crippen LogP contribution in [0.1, 0.15) is 52.7 Å². The molecule has 1 aromatic heterocycles. The van der Waals surface area contributed by atoms with Gasteiger partial charge in [0.2, 0.25) is 6.10 Å². The van der Waals surface area contributed by atoms with E-state index in [-0.39, 0.29) is 16.8 Å². The van der Waals surface area contributed by atoms with Crippen molar-refractivity contribution in [2.24, 2.45) is 0 Å². The van der Waals surface area contributed by atoms with E-state index in [1.807, 2.05) is 0 Å². The lowest BCUT2D eigenvalue weighted by Crippen LogP contribution is -2.26. The molecule has 0 fully saturated rings. The molecule has 0 aliphatic carbocycles. The predicted octanol–water partition coefficient (Wildman–Crippen LogP) is 5.68. The summed E-state index contributed by atoms with van der Waals surface area (Å²) in [5.41, 5.74) is -0.417. The molecule has 1 N–H and O–H groups in total. The number of alkyl halides is 3. The monoisotopic (exact) mass is 535 g/mol. The lowest BCUT2D eigenvalue weighted by molar-refractivity contribution is -0.137. The normalized spacial score (nSPS) is 14.2. The highest BCUT2D eigenvalue weighted by molar-refractivity contribution is 5.99. The number of carbonyl (C=O) groups excluding carboxylic acids is 2. The van der Waals surface area contributed by atoms with Crippen LogP contribution in [0.25, 0.3) is 10.9 Å². The van der Waals surface area contributed by atoms with Gasteiger partial charge in [0.15, 0.2) is 0 Å². The molecule has 3 aromatic carbocycles. The summed E-state index contributed by atoms with van der Waals surface area (Å²) in [7, 11) is 0. The number of benzene rings is 3. The molecule has 0 saturated heterocycles. The fraction of sp³-hybridized carbons (Fsp3) is 0.241. The van der Waals surface area contributed by atoms with Crippen molar-refractivity contribution >= 4 is 28.5 Å². The molecule has 1 unspecified atom stereocenters. The van der Waals surface area contributed by atoms with Gasteiger partial charge in [-0.2, -0.15) is 13.2 Å². The average Bonchev–Trinajstić information content (AvgIpc) is 3.17. The number of nitrogens with one attached hydrogen (secondary N) is 1. The van der Waals surface area contributed by atoms with E-state index in [0.717, 1.165) is 31.4 Å². The molecule has 5 rings (SSSR count). The average molecular weight is 536 g/mol. The molecule has 1 atom stereocenters. The second-order valence-corrected chi connectivity index (χ2v) is 9.29. The summed E-state index contributed by atoms with van der Waals surface area (Å²) in [4.78, 5) is 44.0. The second kappa shape index (κ2) is 10.7. The Morgan fingerprint density at radius 2 is 1.74 bits per heavy atom. The first kappa shape index (κ1) is 26.1. The molecule has 7 nitrogen and oxygen atoms in total. The summed E-state index contributed by atoms with van der Waals surface area (Å²) >= 11 is 0. The van der Waals surface area contributed by atoms with E-state index in [2.05, 4.69) is 10.3 Å². The number of rotatable bonds is 5. The highest BCUT2D eigenvalue weighted by Crippen LogP contribution is 2.31. The van der Waals surface area contributed by atoms with Gasteiger partial charge in [-0.05, 0) is 49.2 Å². The largest absolute Gasteiger partial charge is 0.444 e. The van der Waals surface area contributed by atoms with Crippen molar-refractivity contribution in [2.45, 2.75) is 44.5 Å². The van der Waals surface area contributed by atoms with Gasteiger partial charge in [0.1, 0.15) is 5.82 Å². The number of esters is 1. The Hall–Kier alpha value is -4.47. The van der Waals surface area contributed by atoms with E-state index >= 15 is 0 Å². The van der Waals surface area contributed by atoms with E-state index in [1.165, 1.54) is 30.3 Å². The molecule has 0 bridgehead atoms. The number of nitrogens with zero attached hydrogens (tertiary/aromatic N) is 2. The van der Waals surface area contributed by atoms with Gasteiger partial charge >= 0.3 is 12.1 Å². The molecule has 0 radical (unpaired) electrons. The number of carbonyl (C=O) groups is 2. The van der Waals surface area contributed by atoms with Crippen LogP contribution in [-0.4, -0.2) is 21.4 Å². The van der Waals surface area contributed by atoms with Gasteiger partial charge in [-0.25, -0.2) is 9.78 Å². The Balaban J connectivity index is 1.43. The lowest BCUT2D eigenvalue weighted by atomic mass is 10.1. The van der Waals surface area contributed by atoms with Gasteiger partial charge in [0, 0.05) is 24.2 Å².